The maximum Gasteiger partial charge on any atom is 0.0727 e. The molecular formula is C11H13BrO. The summed E-state index contributed by atoms with van der Waals surface area (Å²) >= 11 is 3.49. The summed E-state index contributed by atoms with van der Waals surface area (Å²) in [6.45, 7) is 5.02. The van der Waals surface area contributed by atoms with Crippen LogP contribution in [-0.2, 0) is 17.8 Å². The van der Waals surface area contributed by atoms with Gasteiger partial charge in [-0.15, -0.1) is 0 Å². The number of fused-ring (bicyclic) bond motifs is 1. The van der Waals surface area contributed by atoms with E-state index >= 15 is 0 Å². The molecular weight excluding hydrogens is 228 g/mol. The van der Waals surface area contributed by atoms with Gasteiger partial charge in [0.05, 0.1) is 12.2 Å². The van der Waals surface area contributed by atoms with Crippen LogP contribution in [0.4, 0.5) is 0 Å². The topological polar surface area (TPSA) is 9.23 Å². The van der Waals surface area contributed by atoms with Gasteiger partial charge in [0.15, 0.2) is 0 Å². The molecule has 0 atom stereocenters. The van der Waals surface area contributed by atoms with Crippen molar-refractivity contribution in [3.05, 3.63) is 33.8 Å². The highest BCUT2D eigenvalue weighted by molar-refractivity contribution is 9.10. The van der Waals surface area contributed by atoms with E-state index in [1.165, 1.54) is 11.1 Å². The Kier molecular flexibility index (Phi) is 2.20. The molecule has 2 rings (SSSR count). The van der Waals surface area contributed by atoms with E-state index in [-0.39, 0.29) is 5.60 Å². The summed E-state index contributed by atoms with van der Waals surface area (Å²) in [5, 5.41) is 0. The molecule has 0 saturated carbocycles. The first kappa shape index (κ1) is 9.22. The molecule has 1 aromatic rings. The van der Waals surface area contributed by atoms with Crippen molar-refractivity contribution in [1.82, 2.24) is 0 Å². The Morgan fingerprint density at radius 1 is 1.31 bits per heavy atom. The van der Waals surface area contributed by atoms with Crippen molar-refractivity contribution in [2.45, 2.75) is 32.5 Å². The zero-order valence-electron chi connectivity index (χ0n) is 7.93. The third-order valence-corrected chi connectivity index (χ3v) is 2.90. The van der Waals surface area contributed by atoms with Crippen molar-refractivity contribution in [3.63, 3.8) is 0 Å². The van der Waals surface area contributed by atoms with Crippen LogP contribution < -0.4 is 0 Å². The number of halogens is 1. The Bertz CT molecular complexity index is 331. The fourth-order valence-corrected chi connectivity index (χ4v) is 2.09. The fraction of sp³-hybridized carbons (Fsp3) is 0.455. The molecule has 0 bridgehead atoms. The van der Waals surface area contributed by atoms with Crippen molar-refractivity contribution in [2.24, 2.45) is 0 Å². The van der Waals surface area contributed by atoms with E-state index in [1.807, 2.05) is 0 Å². The molecule has 0 spiro atoms. The van der Waals surface area contributed by atoms with Crippen LogP contribution >= 0.6 is 15.9 Å². The van der Waals surface area contributed by atoms with E-state index in [9.17, 15) is 0 Å². The summed E-state index contributed by atoms with van der Waals surface area (Å²) in [6, 6.07) is 6.40. The van der Waals surface area contributed by atoms with Crippen LogP contribution in [0.5, 0.6) is 0 Å². The number of hydrogen-bond donors (Lipinski definition) is 0. The van der Waals surface area contributed by atoms with Crippen molar-refractivity contribution in [3.8, 4) is 0 Å². The highest BCUT2D eigenvalue weighted by atomic mass is 79.9. The molecule has 1 aliphatic heterocycles. The number of hydrogen-bond acceptors (Lipinski definition) is 1. The fourth-order valence-electron chi connectivity index (χ4n) is 1.68. The summed E-state index contributed by atoms with van der Waals surface area (Å²) in [5.74, 6) is 0. The molecule has 0 saturated heterocycles. The molecule has 70 valence electrons. The first-order valence-corrected chi connectivity index (χ1v) is 5.27. The van der Waals surface area contributed by atoms with E-state index in [0.717, 1.165) is 17.5 Å². The predicted molar refractivity (Wildman–Crippen MR) is 56.7 cm³/mol. The van der Waals surface area contributed by atoms with Gasteiger partial charge in [-0.3, -0.25) is 0 Å². The summed E-state index contributed by atoms with van der Waals surface area (Å²) in [7, 11) is 0. The summed E-state index contributed by atoms with van der Waals surface area (Å²) in [5.41, 5.74) is 2.72. The predicted octanol–water partition coefficient (Wildman–Crippen LogP) is 3.30. The molecule has 13 heavy (non-hydrogen) atoms. The highest BCUT2D eigenvalue weighted by Crippen LogP contribution is 2.29. The first-order chi connectivity index (χ1) is 6.07. The lowest BCUT2D eigenvalue weighted by atomic mass is 9.92. The van der Waals surface area contributed by atoms with E-state index < -0.39 is 0 Å². The monoisotopic (exact) mass is 240 g/mol. The molecule has 0 N–H and O–H groups in total. The van der Waals surface area contributed by atoms with Gasteiger partial charge in [-0.05, 0) is 37.1 Å². The van der Waals surface area contributed by atoms with Gasteiger partial charge in [0, 0.05) is 10.9 Å². The zero-order chi connectivity index (χ0) is 9.47. The first-order valence-electron chi connectivity index (χ1n) is 4.48. The van der Waals surface area contributed by atoms with Gasteiger partial charge in [-0.1, -0.05) is 22.0 Å². The minimum absolute atomic E-state index is 0.00616. The zero-order valence-corrected chi connectivity index (χ0v) is 9.52. The van der Waals surface area contributed by atoms with Crippen LogP contribution in [0.2, 0.25) is 0 Å². The van der Waals surface area contributed by atoms with E-state index in [1.54, 1.807) is 0 Å². The van der Waals surface area contributed by atoms with Crippen LogP contribution in [0, 0.1) is 0 Å². The molecule has 0 amide bonds. The molecule has 1 heterocycles. The number of rotatable bonds is 0. The van der Waals surface area contributed by atoms with Gasteiger partial charge in [0.1, 0.15) is 0 Å². The van der Waals surface area contributed by atoms with Gasteiger partial charge in [0.25, 0.3) is 0 Å². The Hall–Kier alpha value is -0.340. The molecule has 0 fully saturated rings. The van der Waals surface area contributed by atoms with E-state index in [0.29, 0.717) is 0 Å². The molecule has 0 aliphatic carbocycles. The summed E-state index contributed by atoms with van der Waals surface area (Å²) in [6.07, 6.45) is 1.00. The molecule has 2 heteroatoms. The molecule has 0 aromatic heterocycles. The smallest absolute Gasteiger partial charge is 0.0727 e. The van der Waals surface area contributed by atoms with Crippen LogP contribution in [0.15, 0.2) is 22.7 Å². The van der Waals surface area contributed by atoms with Gasteiger partial charge in [0.2, 0.25) is 0 Å². The second-order valence-electron chi connectivity index (χ2n) is 4.14. The second-order valence-corrected chi connectivity index (χ2v) is 5.05. The maximum atomic E-state index is 5.72. The highest BCUT2D eigenvalue weighted by Gasteiger charge is 2.25. The average Bonchev–Trinajstić information content (AvgIpc) is 2.01. The lowest BCUT2D eigenvalue weighted by molar-refractivity contribution is -0.0401. The Morgan fingerprint density at radius 3 is 2.85 bits per heavy atom. The summed E-state index contributed by atoms with van der Waals surface area (Å²) < 4.78 is 6.87. The van der Waals surface area contributed by atoms with Gasteiger partial charge in [-0.2, -0.15) is 0 Å². The second kappa shape index (κ2) is 3.10. The van der Waals surface area contributed by atoms with Crippen molar-refractivity contribution < 1.29 is 4.74 Å². The van der Waals surface area contributed by atoms with Gasteiger partial charge >= 0.3 is 0 Å². The maximum absolute atomic E-state index is 5.72. The largest absolute Gasteiger partial charge is 0.371 e. The Morgan fingerprint density at radius 2 is 2.08 bits per heavy atom. The average molecular weight is 241 g/mol. The van der Waals surface area contributed by atoms with Crippen LogP contribution in [-0.4, -0.2) is 5.60 Å². The minimum atomic E-state index is -0.00616. The van der Waals surface area contributed by atoms with Crippen molar-refractivity contribution in [1.29, 1.82) is 0 Å². The van der Waals surface area contributed by atoms with Crippen LogP contribution in [0.25, 0.3) is 0 Å². The molecule has 1 aliphatic rings. The van der Waals surface area contributed by atoms with E-state index in [2.05, 4.69) is 48.0 Å². The molecule has 0 unspecified atom stereocenters. The minimum Gasteiger partial charge on any atom is -0.371 e. The standard InChI is InChI=1S/C11H13BrO/c1-11(2)6-9-5-10(12)4-3-8(9)7-13-11/h3-5H,6-7H2,1-2H3. The quantitative estimate of drug-likeness (QED) is 0.677. The number of ether oxygens (including phenoxy) is 1. The summed E-state index contributed by atoms with van der Waals surface area (Å²) in [4.78, 5) is 0. The number of benzene rings is 1. The molecule has 1 nitrogen and oxygen atoms in total. The SMILES string of the molecule is CC1(C)Cc2cc(Br)ccc2CO1. The van der Waals surface area contributed by atoms with Crippen molar-refractivity contribution in [2.75, 3.05) is 0 Å². The molecule has 0 radical (unpaired) electrons. The third kappa shape index (κ3) is 1.94. The lowest BCUT2D eigenvalue weighted by Gasteiger charge is -2.31. The normalized spacial score (nSPS) is 19.6. The van der Waals surface area contributed by atoms with Crippen LogP contribution in [0.3, 0.4) is 0 Å². The molecule has 1 aromatic carbocycles. The van der Waals surface area contributed by atoms with Crippen molar-refractivity contribution >= 4 is 15.9 Å². The van der Waals surface area contributed by atoms with Crippen LogP contribution in [0.1, 0.15) is 25.0 Å². The lowest BCUT2D eigenvalue weighted by Crippen LogP contribution is -2.31. The Labute approximate surface area is 87.2 Å². The Balaban J connectivity index is 2.38. The third-order valence-electron chi connectivity index (χ3n) is 2.40. The van der Waals surface area contributed by atoms with Gasteiger partial charge in [-0.25, -0.2) is 0 Å². The van der Waals surface area contributed by atoms with Gasteiger partial charge < -0.3 is 4.74 Å². The van der Waals surface area contributed by atoms with E-state index in [4.69, 9.17) is 4.74 Å².